The number of unbranched alkanes of at least 4 members (excludes halogenated alkanes) is 18. The molecule has 0 aromatic heterocycles. The van der Waals surface area contributed by atoms with Crippen molar-refractivity contribution in [1.82, 2.24) is 0 Å². The van der Waals surface area contributed by atoms with E-state index in [1.54, 1.807) is 6.08 Å². The van der Waals surface area contributed by atoms with Crippen LogP contribution < -0.4 is 0 Å². The molecule has 0 spiro atoms. The van der Waals surface area contributed by atoms with Crippen molar-refractivity contribution in [1.29, 1.82) is 0 Å². The highest BCUT2D eigenvalue weighted by atomic mass is 31.2. The van der Waals surface area contributed by atoms with E-state index >= 15 is 0 Å². The van der Waals surface area contributed by atoms with Crippen LogP contribution in [0.1, 0.15) is 226 Å². The maximum atomic E-state index is 12.9. The highest BCUT2D eigenvalue weighted by Crippen LogP contribution is 2.43. The van der Waals surface area contributed by atoms with Crippen LogP contribution in [0, 0.1) is 0 Å². The first kappa shape index (κ1) is 70.1. The Balaban J connectivity index is 4.84. The van der Waals surface area contributed by atoms with E-state index in [4.69, 9.17) is 23.3 Å². The van der Waals surface area contributed by atoms with Crippen molar-refractivity contribution in [2.75, 3.05) is 26.4 Å². The molecule has 0 bridgehead atoms. The fraction of sp³-hybridized carbons (Fsp3) is 0.661. The van der Waals surface area contributed by atoms with Crippen LogP contribution in [0.5, 0.6) is 0 Å². The molecule has 2 N–H and O–H groups in total. The fourth-order valence-corrected chi connectivity index (χ4v) is 8.17. The summed E-state index contributed by atoms with van der Waals surface area (Å²) in [4.78, 5) is 48.5. The lowest BCUT2D eigenvalue weighted by Crippen LogP contribution is -2.30. The molecule has 0 aliphatic heterocycles. The summed E-state index contributed by atoms with van der Waals surface area (Å²) in [5.41, 5.74) is 0. The first-order valence-electron chi connectivity index (χ1n) is 28.8. The molecule has 11 nitrogen and oxygen atoms in total. The van der Waals surface area contributed by atoms with Gasteiger partial charge in [0, 0.05) is 12.8 Å². The third kappa shape index (κ3) is 53.0. The van der Waals surface area contributed by atoms with Gasteiger partial charge in [-0.1, -0.05) is 214 Å². The van der Waals surface area contributed by atoms with Gasteiger partial charge in [-0.15, -0.1) is 0 Å². The molecule has 12 heteroatoms. The van der Waals surface area contributed by atoms with Gasteiger partial charge in [0.15, 0.2) is 6.10 Å². The van der Waals surface area contributed by atoms with Gasteiger partial charge in [0.2, 0.25) is 0 Å². The molecule has 0 aliphatic rings. The molecule has 0 saturated heterocycles. The smallest absolute Gasteiger partial charge is 0.462 e. The van der Waals surface area contributed by atoms with E-state index in [2.05, 4.69) is 106 Å². The van der Waals surface area contributed by atoms with Crippen molar-refractivity contribution in [3.63, 3.8) is 0 Å². The zero-order chi connectivity index (χ0) is 54.1. The maximum absolute atomic E-state index is 12.9. The number of hydrogen-bond donors (Lipinski definition) is 2. The molecule has 0 saturated carbocycles. The summed E-state index contributed by atoms with van der Waals surface area (Å²) in [5, 5.41) is 9.81. The van der Waals surface area contributed by atoms with Crippen molar-refractivity contribution in [3.8, 4) is 0 Å². The Morgan fingerprint density at radius 1 is 0.405 bits per heavy atom. The van der Waals surface area contributed by atoms with Crippen molar-refractivity contribution in [2.45, 2.75) is 238 Å². The zero-order valence-corrected chi connectivity index (χ0v) is 47.4. The Bertz CT molecular complexity index is 1660. The Labute approximate surface area is 450 Å². The highest BCUT2D eigenvalue weighted by molar-refractivity contribution is 7.47. The minimum atomic E-state index is -4.78. The summed E-state index contributed by atoms with van der Waals surface area (Å²) < 4.78 is 39.4. The minimum Gasteiger partial charge on any atom is -0.462 e. The molecule has 0 aromatic carbocycles. The molecule has 0 heterocycles. The van der Waals surface area contributed by atoms with Crippen LogP contribution in [0.3, 0.4) is 0 Å². The largest absolute Gasteiger partial charge is 0.472 e. The maximum Gasteiger partial charge on any atom is 0.472 e. The number of aliphatic hydroxyl groups excluding tert-OH is 1. The van der Waals surface area contributed by atoms with Crippen molar-refractivity contribution >= 4 is 25.7 Å². The average Bonchev–Trinajstić information content (AvgIpc) is 3.39. The first-order chi connectivity index (χ1) is 36.2. The van der Waals surface area contributed by atoms with E-state index in [-0.39, 0.29) is 25.9 Å². The second-order valence-corrected chi connectivity index (χ2v) is 20.2. The van der Waals surface area contributed by atoms with Crippen molar-refractivity contribution < 1.29 is 52.2 Å². The van der Waals surface area contributed by atoms with Crippen molar-refractivity contribution in [3.05, 3.63) is 109 Å². The summed E-state index contributed by atoms with van der Waals surface area (Å²) in [6, 6.07) is 0. The van der Waals surface area contributed by atoms with Gasteiger partial charge in [-0.2, -0.15) is 0 Å². The topological polar surface area (TPSA) is 155 Å². The minimum absolute atomic E-state index is 0.0709. The van der Waals surface area contributed by atoms with Gasteiger partial charge in [0.05, 0.1) is 26.2 Å². The number of aliphatic hydroxyl groups is 1. The van der Waals surface area contributed by atoms with Gasteiger partial charge in [-0.25, -0.2) is 4.57 Å². The van der Waals surface area contributed by atoms with Gasteiger partial charge in [0.25, 0.3) is 0 Å². The molecule has 422 valence electrons. The molecule has 0 rings (SSSR count). The number of ether oxygens (including phenoxy) is 3. The number of esters is 3. The lowest BCUT2D eigenvalue weighted by molar-refractivity contribution is -0.160. The number of phosphoric acid groups is 1. The van der Waals surface area contributed by atoms with E-state index in [0.717, 1.165) is 103 Å². The van der Waals surface area contributed by atoms with Crippen molar-refractivity contribution in [2.24, 2.45) is 0 Å². The lowest BCUT2D eigenvalue weighted by Gasteiger charge is -2.21. The van der Waals surface area contributed by atoms with Gasteiger partial charge in [-0.05, 0) is 103 Å². The third-order valence-electron chi connectivity index (χ3n) is 11.7. The molecule has 0 radical (unpaired) electrons. The summed E-state index contributed by atoms with van der Waals surface area (Å²) >= 11 is 0. The number of hydrogen-bond acceptors (Lipinski definition) is 10. The highest BCUT2D eigenvalue weighted by Gasteiger charge is 2.28. The third-order valence-corrected chi connectivity index (χ3v) is 12.6. The van der Waals surface area contributed by atoms with E-state index in [0.29, 0.717) is 19.3 Å². The number of phosphoric ester groups is 1. The second-order valence-electron chi connectivity index (χ2n) is 18.7. The van der Waals surface area contributed by atoms with Crippen LogP contribution in [0.25, 0.3) is 0 Å². The Kier molecular flexibility index (Phi) is 52.5. The van der Waals surface area contributed by atoms with E-state index < -0.39 is 57.8 Å². The van der Waals surface area contributed by atoms with Gasteiger partial charge < -0.3 is 24.2 Å². The Morgan fingerprint density at radius 3 is 1.20 bits per heavy atom. The van der Waals surface area contributed by atoms with E-state index in [1.165, 1.54) is 64.2 Å². The van der Waals surface area contributed by atoms with E-state index in [9.17, 15) is 28.9 Å². The number of allylic oxidation sites excluding steroid dienone is 17. The number of carbonyl (C=O) groups excluding carboxylic acids is 3. The Morgan fingerprint density at radius 2 is 0.757 bits per heavy atom. The SMILES string of the molecule is CC/C=C\C/C=C\C/C=C\C/C=C\C/C=C\CC(=O)OC(COC(=O)CCCCCCCCC/C=C\CCCCCCCC)COP(=O)(O)OCC(CO)OC(=O)CCCCCCC/C=C\C/C=C\C/C=C\CC. The molecule has 3 atom stereocenters. The van der Waals surface area contributed by atoms with Crippen LogP contribution in [-0.4, -0.2) is 66.5 Å². The number of rotatable bonds is 52. The zero-order valence-electron chi connectivity index (χ0n) is 46.5. The molecule has 3 unspecified atom stereocenters. The summed E-state index contributed by atoms with van der Waals surface area (Å²) in [6.45, 7) is 4.27. The molecular formula is C62H103O11P. The quantitative estimate of drug-likeness (QED) is 0.0197. The second kappa shape index (κ2) is 55.4. The standard InChI is InChI=1S/C62H103O11P/c1-4-7-10-13-16-19-22-25-28-29-32-33-36-39-42-45-48-51-60(64)69-55-59(73-62(66)53-50-47-44-41-38-35-31-27-24-21-18-15-12-9-6-3)57-71-74(67,68)70-56-58(54-63)72-61(65)52-49-46-43-40-37-34-30-26-23-20-17-14-11-8-5-2/h8-9,11-12,17-18,20-21,25-28,30-31,38,41,47,50,58-59,63H,4-7,10,13-16,19,22-24,29,32-37,39-40,42-46,48-49,51-57H2,1-3H3,(H,67,68)/b11-8-,12-9-,20-17-,21-18-,28-25-,30-26-,31-27-,41-38-,50-47-. The van der Waals surface area contributed by atoms with Crippen LogP contribution >= 0.6 is 7.82 Å². The molecule has 0 amide bonds. The van der Waals surface area contributed by atoms with Crippen LogP contribution in [-0.2, 0) is 42.2 Å². The Hall–Kier alpha value is -3.86. The predicted octanol–water partition coefficient (Wildman–Crippen LogP) is 17.0. The molecule has 74 heavy (non-hydrogen) atoms. The summed E-state index contributed by atoms with van der Waals surface area (Å²) in [6.07, 6.45) is 66.5. The fourth-order valence-electron chi connectivity index (χ4n) is 7.38. The summed E-state index contributed by atoms with van der Waals surface area (Å²) in [5.74, 6) is -1.65. The van der Waals surface area contributed by atoms with Crippen LogP contribution in [0.2, 0.25) is 0 Å². The monoisotopic (exact) mass is 1050 g/mol. The van der Waals surface area contributed by atoms with Crippen LogP contribution in [0.15, 0.2) is 109 Å². The van der Waals surface area contributed by atoms with Gasteiger partial charge in [0.1, 0.15) is 12.7 Å². The molecule has 0 fully saturated rings. The van der Waals surface area contributed by atoms with Crippen LogP contribution in [0.4, 0.5) is 0 Å². The van der Waals surface area contributed by atoms with E-state index in [1.807, 2.05) is 18.2 Å². The normalized spacial score (nSPS) is 14.2. The lowest BCUT2D eigenvalue weighted by atomic mass is 10.1. The molecule has 0 aromatic rings. The first-order valence-corrected chi connectivity index (χ1v) is 30.3. The van der Waals surface area contributed by atoms with Gasteiger partial charge in [-0.3, -0.25) is 23.4 Å². The molecule has 0 aliphatic carbocycles. The molecular weight excluding hydrogens is 952 g/mol. The predicted molar refractivity (Wildman–Crippen MR) is 307 cm³/mol. The summed E-state index contributed by atoms with van der Waals surface area (Å²) in [7, 11) is -4.78. The number of carbonyl (C=O) groups is 3. The average molecular weight is 1060 g/mol. The van der Waals surface area contributed by atoms with Gasteiger partial charge >= 0.3 is 25.7 Å².